The molecule has 0 bridgehead atoms. The van der Waals surface area contributed by atoms with E-state index in [0.717, 1.165) is 31.2 Å². The molecule has 0 aliphatic rings. The van der Waals surface area contributed by atoms with Crippen LogP contribution in [-0.2, 0) is 0 Å². The molecule has 0 saturated heterocycles. The Morgan fingerprint density at radius 3 is 2.67 bits per heavy atom. The molecule has 1 amide bonds. The molecule has 0 atom stereocenters. The third-order valence-corrected chi connectivity index (χ3v) is 6.51. The zero-order chi connectivity index (χ0) is 25.3. The zero-order valence-electron chi connectivity index (χ0n) is 19.4. The van der Waals surface area contributed by atoms with Gasteiger partial charge in [0.15, 0.2) is 16.6 Å². The normalized spacial score (nSPS) is 10.7. The molecule has 0 fully saturated rings. The summed E-state index contributed by atoms with van der Waals surface area (Å²) in [4.78, 5) is 17.2. The highest BCUT2D eigenvalue weighted by atomic mass is 127. The van der Waals surface area contributed by atoms with Crippen molar-refractivity contribution in [2.24, 2.45) is 5.10 Å². The number of hydrogen-bond acceptors (Lipinski definition) is 7. The van der Waals surface area contributed by atoms with Crippen molar-refractivity contribution in [1.29, 1.82) is 0 Å². The van der Waals surface area contributed by atoms with Gasteiger partial charge in [0.25, 0.3) is 5.91 Å². The van der Waals surface area contributed by atoms with Crippen LogP contribution in [0.15, 0.2) is 89.9 Å². The maximum Gasteiger partial charge on any atom is 0.271 e. The van der Waals surface area contributed by atoms with Gasteiger partial charge < -0.3 is 14.8 Å². The van der Waals surface area contributed by atoms with Crippen LogP contribution in [0.4, 0.5) is 10.8 Å². The lowest BCUT2D eigenvalue weighted by Gasteiger charge is -2.12. The molecule has 0 aliphatic carbocycles. The molecule has 7 nitrogen and oxygen atoms in total. The molecular formula is C27H23IN4O3S. The third kappa shape index (κ3) is 6.49. The molecule has 4 aromatic rings. The molecule has 0 spiro atoms. The third-order valence-electron chi connectivity index (χ3n) is 4.95. The average molecular weight is 610 g/mol. The average Bonchev–Trinajstić information content (AvgIpc) is 3.37. The molecule has 182 valence electrons. The number of thiazole rings is 1. The minimum absolute atomic E-state index is 0.310. The van der Waals surface area contributed by atoms with Gasteiger partial charge in [-0.2, -0.15) is 5.10 Å². The predicted molar refractivity (Wildman–Crippen MR) is 154 cm³/mol. The number of aromatic nitrogens is 1. The highest BCUT2D eigenvalue weighted by Gasteiger charge is 2.11. The van der Waals surface area contributed by atoms with Crippen LogP contribution in [0.1, 0.15) is 15.9 Å². The Bertz CT molecular complexity index is 1370. The number of carbonyl (C=O) groups excluding carboxylic acids is 1. The highest BCUT2D eigenvalue weighted by Crippen LogP contribution is 2.33. The van der Waals surface area contributed by atoms with Gasteiger partial charge in [-0.15, -0.1) is 11.3 Å². The van der Waals surface area contributed by atoms with E-state index in [0.29, 0.717) is 23.7 Å². The summed E-state index contributed by atoms with van der Waals surface area (Å²) < 4.78 is 11.9. The van der Waals surface area contributed by atoms with Crippen molar-refractivity contribution in [1.82, 2.24) is 10.4 Å². The minimum atomic E-state index is -0.310. The van der Waals surface area contributed by atoms with Crippen molar-refractivity contribution in [2.75, 3.05) is 19.0 Å². The molecule has 3 aromatic carbocycles. The molecule has 0 radical (unpaired) electrons. The number of anilines is 2. The van der Waals surface area contributed by atoms with Crippen molar-refractivity contribution < 1.29 is 14.3 Å². The first-order chi connectivity index (χ1) is 17.6. The van der Waals surface area contributed by atoms with Crippen LogP contribution in [0.2, 0.25) is 0 Å². The summed E-state index contributed by atoms with van der Waals surface area (Å²) in [5.74, 6) is 0.911. The molecule has 9 heteroatoms. The van der Waals surface area contributed by atoms with Gasteiger partial charge in [0.1, 0.15) is 6.61 Å². The number of ether oxygens (including phenoxy) is 2. The van der Waals surface area contributed by atoms with Gasteiger partial charge in [0.05, 0.1) is 22.6 Å². The number of halogens is 1. The van der Waals surface area contributed by atoms with Gasteiger partial charge in [-0.05, 0) is 64.6 Å². The fourth-order valence-electron chi connectivity index (χ4n) is 3.23. The Labute approximate surface area is 227 Å². The number of benzene rings is 3. The van der Waals surface area contributed by atoms with E-state index in [1.54, 1.807) is 37.6 Å². The van der Waals surface area contributed by atoms with E-state index in [2.05, 4.69) is 50.0 Å². The van der Waals surface area contributed by atoms with E-state index in [1.165, 1.54) is 11.3 Å². The van der Waals surface area contributed by atoms with Crippen molar-refractivity contribution in [3.8, 4) is 22.8 Å². The number of amides is 1. The molecule has 1 aromatic heterocycles. The Morgan fingerprint density at radius 1 is 1.17 bits per heavy atom. The van der Waals surface area contributed by atoms with Gasteiger partial charge in [-0.1, -0.05) is 43.0 Å². The number of hydrogen-bond donors (Lipinski definition) is 2. The smallest absolute Gasteiger partial charge is 0.271 e. The van der Waals surface area contributed by atoms with Crippen LogP contribution in [0.5, 0.6) is 11.5 Å². The second-order valence-electron chi connectivity index (χ2n) is 7.44. The first-order valence-electron chi connectivity index (χ1n) is 10.9. The lowest BCUT2D eigenvalue weighted by Crippen LogP contribution is -2.17. The molecule has 0 unspecified atom stereocenters. The SMILES string of the molecule is C=CCOc1c(I)cc(/C=N\NC(=O)c2ccc(-c3csc(Nc4ccccc4)n3)cc2)cc1OC. The Balaban J connectivity index is 1.38. The quantitative estimate of drug-likeness (QED) is 0.0928. The molecular weight excluding hydrogens is 587 g/mol. The molecule has 36 heavy (non-hydrogen) atoms. The first-order valence-corrected chi connectivity index (χ1v) is 12.9. The number of rotatable bonds is 10. The van der Waals surface area contributed by atoms with Crippen LogP contribution in [0.25, 0.3) is 11.3 Å². The Morgan fingerprint density at radius 2 is 1.94 bits per heavy atom. The first kappa shape index (κ1) is 25.4. The number of para-hydroxylation sites is 1. The molecule has 2 N–H and O–H groups in total. The topological polar surface area (TPSA) is 84.8 Å². The Hall–Kier alpha value is -3.70. The lowest BCUT2D eigenvalue weighted by molar-refractivity contribution is 0.0955. The number of hydrazone groups is 1. The van der Waals surface area contributed by atoms with Gasteiger partial charge >= 0.3 is 0 Å². The number of methoxy groups -OCH3 is 1. The lowest BCUT2D eigenvalue weighted by atomic mass is 10.1. The van der Waals surface area contributed by atoms with Crippen LogP contribution in [0.3, 0.4) is 0 Å². The summed E-state index contributed by atoms with van der Waals surface area (Å²) in [5, 5.41) is 10.2. The van der Waals surface area contributed by atoms with E-state index in [4.69, 9.17) is 9.47 Å². The maximum atomic E-state index is 12.5. The number of nitrogens with one attached hydrogen (secondary N) is 2. The predicted octanol–water partition coefficient (Wildman–Crippen LogP) is 6.50. The van der Waals surface area contributed by atoms with Crippen molar-refractivity contribution in [3.63, 3.8) is 0 Å². The summed E-state index contributed by atoms with van der Waals surface area (Å²) in [7, 11) is 1.57. The molecule has 1 heterocycles. The van der Waals surface area contributed by atoms with Gasteiger partial charge in [-0.25, -0.2) is 10.4 Å². The molecule has 4 rings (SSSR count). The molecule has 0 aliphatic heterocycles. The van der Waals surface area contributed by atoms with E-state index in [9.17, 15) is 4.79 Å². The summed E-state index contributed by atoms with van der Waals surface area (Å²) in [5.41, 5.74) is 6.57. The van der Waals surface area contributed by atoms with Crippen molar-refractivity contribution >= 4 is 56.9 Å². The summed E-state index contributed by atoms with van der Waals surface area (Å²) in [6.07, 6.45) is 3.23. The van der Waals surface area contributed by atoms with E-state index < -0.39 is 0 Å². The summed E-state index contributed by atoms with van der Waals surface area (Å²) in [6.45, 7) is 4.04. The largest absolute Gasteiger partial charge is 0.493 e. The van der Waals surface area contributed by atoms with Crippen LogP contribution < -0.4 is 20.2 Å². The highest BCUT2D eigenvalue weighted by molar-refractivity contribution is 14.1. The monoisotopic (exact) mass is 610 g/mol. The van der Waals surface area contributed by atoms with Gasteiger partial charge in [-0.3, -0.25) is 4.79 Å². The zero-order valence-corrected chi connectivity index (χ0v) is 22.4. The van der Waals surface area contributed by atoms with Crippen molar-refractivity contribution in [3.05, 3.63) is 99.5 Å². The number of nitrogens with zero attached hydrogens (tertiary/aromatic N) is 2. The summed E-state index contributed by atoms with van der Waals surface area (Å²) in [6, 6.07) is 20.8. The van der Waals surface area contributed by atoms with Gasteiger partial charge in [0, 0.05) is 22.2 Å². The number of carbonyl (C=O) groups is 1. The fourth-order valence-corrected chi connectivity index (χ4v) is 4.75. The minimum Gasteiger partial charge on any atom is -0.493 e. The summed E-state index contributed by atoms with van der Waals surface area (Å²) >= 11 is 3.69. The van der Waals surface area contributed by atoms with Crippen LogP contribution in [-0.4, -0.2) is 30.8 Å². The second-order valence-corrected chi connectivity index (χ2v) is 9.46. The van der Waals surface area contributed by atoms with E-state index >= 15 is 0 Å². The van der Waals surface area contributed by atoms with Crippen LogP contribution >= 0.6 is 33.9 Å². The van der Waals surface area contributed by atoms with Crippen molar-refractivity contribution in [2.45, 2.75) is 0 Å². The fraction of sp³-hybridized carbons (Fsp3) is 0.0741. The Kier molecular flexibility index (Phi) is 8.69. The second kappa shape index (κ2) is 12.3. The van der Waals surface area contributed by atoms with E-state index in [1.807, 2.05) is 53.9 Å². The standard InChI is InChI=1S/C27H23IN4O3S/c1-3-13-35-25-22(28)14-18(15-24(25)34-2)16-29-32-26(33)20-11-9-19(10-12-20)23-17-36-27(31-23)30-21-7-5-4-6-8-21/h3-12,14-17H,1,13H2,2H3,(H,30,31)(H,32,33)/b29-16-. The van der Waals surface area contributed by atoms with E-state index in [-0.39, 0.29) is 5.91 Å². The van der Waals surface area contributed by atoms with Crippen LogP contribution in [0, 0.1) is 3.57 Å². The maximum absolute atomic E-state index is 12.5. The molecule has 0 saturated carbocycles. The van der Waals surface area contributed by atoms with Gasteiger partial charge in [0.2, 0.25) is 0 Å².